The van der Waals surface area contributed by atoms with E-state index in [9.17, 15) is 4.79 Å². The van der Waals surface area contributed by atoms with Crippen molar-refractivity contribution < 1.29 is 4.79 Å². The van der Waals surface area contributed by atoms with Crippen LogP contribution in [0.15, 0.2) is 0 Å². The molecule has 1 N–H and O–H groups in total. The molecule has 0 saturated heterocycles. The van der Waals surface area contributed by atoms with Crippen LogP contribution in [0.5, 0.6) is 0 Å². The number of carbonyl (C=O) groups excluding carboxylic acids is 1. The third kappa shape index (κ3) is 3.46. The monoisotopic (exact) mass is 237 g/mol. The Morgan fingerprint density at radius 1 is 1.24 bits per heavy atom. The molecule has 2 nitrogen and oxygen atoms in total. The van der Waals surface area contributed by atoms with Crippen LogP contribution in [0, 0.1) is 23.7 Å². The van der Waals surface area contributed by atoms with E-state index in [2.05, 4.69) is 19.2 Å². The van der Waals surface area contributed by atoms with Gasteiger partial charge in [-0.25, -0.2) is 0 Å². The van der Waals surface area contributed by atoms with Crippen molar-refractivity contribution in [1.29, 1.82) is 0 Å². The third-order valence-electron chi connectivity index (χ3n) is 4.72. The minimum Gasteiger partial charge on any atom is -0.356 e. The predicted octanol–water partition coefficient (Wildman–Crippen LogP) is 3.37. The summed E-state index contributed by atoms with van der Waals surface area (Å²) in [7, 11) is 0. The maximum absolute atomic E-state index is 12.0. The fourth-order valence-electron chi connectivity index (χ4n) is 3.26. The van der Waals surface area contributed by atoms with Crippen LogP contribution in [0.4, 0.5) is 0 Å². The topological polar surface area (TPSA) is 29.1 Å². The van der Waals surface area contributed by atoms with Gasteiger partial charge in [-0.3, -0.25) is 4.79 Å². The van der Waals surface area contributed by atoms with Gasteiger partial charge in [0.15, 0.2) is 0 Å². The number of carbonyl (C=O) groups is 1. The lowest BCUT2D eigenvalue weighted by Crippen LogP contribution is -2.33. The van der Waals surface area contributed by atoms with E-state index in [-0.39, 0.29) is 0 Å². The van der Waals surface area contributed by atoms with Crippen LogP contribution >= 0.6 is 0 Å². The highest BCUT2D eigenvalue weighted by Crippen LogP contribution is 2.54. The first kappa shape index (κ1) is 12.9. The molecule has 2 aliphatic rings. The molecule has 0 aromatic rings. The Morgan fingerprint density at radius 2 is 1.94 bits per heavy atom. The number of amides is 1. The lowest BCUT2D eigenvalue weighted by atomic mass is 9.98. The Balaban J connectivity index is 1.64. The zero-order valence-electron chi connectivity index (χ0n) is 11.4. The summed E-state index contributed by atoms with van der Waals surface area (Å²) >= 11 is 0. The van der Waals surface area contributed by atoms with Crippen LogP contribution in [0.3, 0.4) is 0 Å². The van der Waals surface area contributed by atoms with Crippen molar-refractivity contribution >= 4 is 5.91 Å². The molecule has 2 rings (SSSR count). The Morgan fingerprint density at radius 3 is 2.53 bits per heavy atom. The Hall–Kier alpha value is -0.530. The average Bonchev–Trinajstić information content (AvgIpc) is 2.96. The standard InChI is InChI=1S/C15H27NO/c1-3-5-6-11(4-2)10-16-15(17)14-8-12-7-13(12)9-14/h11-14H,3-10H2,1-2H3,(H,16,17). The fourth-order valence-corrected chi connectivity index (χ4v) is 3.26. The molecule has 98 valence electrons. The van der Waals surface area contributed by atoms with E-state index in [1.54, 1.807) is 0 Å². The average molecular weight is 237 g/mol. The lowest BCUT2D eigenvalue weighted by Gasteiger charge is -2.18. The van der Waals surface area contributed by atoms with Gasteiger partial charge in [0.25, 0.3) is 0 Å². The van der Waals surface area contributed by atoms with Gasteiger partial charge in [0.1, 0.15) is 0 Å². The summed E-state index contributed by atoms with van der Waals surface area (Å²) in [5.74, 6) is 3.20. The predicted molar refractivity (Wildman–Crippen MR) is 70.6 cm³/mol. The molecule has 2 saturated carbocycles. The molecule has 0 aromatic carbocycles. The van der Waals surface area contributed by atoms with Crippen LogP contribution in [0.1, 0.15) is 58.8 Å². The van der Waals surface area contributed by atoms with Crippen LogP contribution in [0.2, 0.25) is 0 Å². The highest BCUT2D eigenvalue weighted by Gasteiger charge is 2.47. The van der Waals surface area contributed by atoms with E-state index >= 15 is 0 Å². The Kier molecular flexibility index (Phi) is 4.47. The summed E-state index contributed by atoms with van der Waals surface area (Å²) in [4.78, 5) is 12.0. The molecule has 0 heterocycles. The second-order valence-corrected chi connectivity index (χ2v) is 6.09. The van der Waals surface area contributed by atoms with E-state index in [4.69, 9.17) is 0 Å². The van der Waals surface area contributed by atoms with Crippen molar-refractivity contribution in [3.63, 3.8) is 0 Å². The molecular formula is C15H27NO. The molecule has 0 spiro atoms. The molecular weight excluding hydrogens is 210 g/mol. The van der Waals surface area contributed by atoms with Crippen molar-refractivity contribution in [3.05, 3.63) is 0 Å². The zero-order chi connectivity index (χ0) is 12.3. The summed E-state index contributed by atoms with van der Waals surface area (Å²) in [6, 6.07) is 0. The van der Waals surface area contributed by atoms with Gasteiger partial charge in [0, 0.05) is 12.5 Å². The number of unbranched alkanes of at least 4 members (excludes halogenated alkanes) is 1. The van der Waals surface area contributed by atoms with Gasteiger partial charge in [-0.1, -0.05) is 33.1 Å². The van der Waals surface area contributed by atoms with Crippen LogP contribution in [-0.2, 0) is 4.79 Å². The van der Waals surface area contributed by atoms with Gasteiger partial charge < -0.3 is 5.32 Å². The molecule has 2 fully saturated rings. The van der Waals surface area contributed by atoms with Gasteiger partial charge in [0.2, 0.25) is 5.91 Å². The van der Waals surface area contributed by atoms with Gasteiger partial charge in [-0.05, 0) is 43.4 Å². The summed E-state index contributed by atoms with van der Waals surface area (Å²) in [6.07, 6.45) is 8.75. The first-order chi connectivity index (χ1) is 8.24. The van der Waals surface area contributed by atoms with Gasteiger partial charge in [0.05, 0.1) is 0 Å². The molecule has 2 heteroatoms. The van der Waals surface area contributed by atoms with Crippen LogP contribution in [-0.4, -0.2) is 12.5 Å². The number of hydrogen-bond acceptors (Lipinski definition) is 1. The first-order valence-corrected chi connectivity index (χ1v) is 7.52. The SMILES string of the molecule is CCCCC(CC)CNC(=O)C1CC2CC2C1. The first-order valence-electron chi connectivity index (χ1n) is 7.52. The molecule has 3 atom stereocenters. The van der Waals surface area contributed by atoms with Crippen molar-refractivity contribution in [2.24, 2.45) is 23.7 Å². The number of nitrogens with one attached hydrogen (secondary N) is 1. The Labute approximate surface area is 106 Å². The normalized spacial score (nSPS) is 32.0. The third-order valence-corrected chi connectivity index (χ3v) is 4.72. The van der Waals surface area contributed by atoms with Crippen molar-refractivity contribution in [3.8, 4) is 0 Å². The second-order valence-electron chi connectivity index (χ2n) is 6.09. The number of hydrogen-bond donors (Lipinski definition) is 1. The quantitative estimate of drug-likeness (QED) is 0.722. The molecule has 0 aliphatic heterocycles. The second kappa shape index (κ2) is 5.88. The molecule has 0 bridgehead atoms. The molecule has 0 radical (unpaired) electrons. The van der Waals surface area contributed by atoms with E-state index in [1.807, 2.05) is 0 Å². The highest BCUT2D eigenvalue weighted by atomic mass is 16.1. The van der Waals surface area contributed by atoms with Crippen LogP contribution in [0.25, 0.3) is 0 Å². The molecule has 1 amide bonds. The largest absolute Gasteiger partial charge is 0.356 e. The zero-order valence-corrected chi connectivity index (χ0v) is 11.4. The van der Waals surface area contributed by atoms with E-state index < -0.39 is 0 Å². The van der Waals surface area contributed by atoms with E-state index in [1.165, 1.54) is 44.9 Å². The summed E-state index contributed by atoms with van der Waals surface area (Å²) in [5, 5.41) is 3.19. The molecule has 17 heavy (non-hydrogen) atoms. The number of fused-ring (bicyclic) bond motifs is 1. The highest BCUT2D eigenvalue weighted by molar-refractivity contribution is 5.79. The molecule has 3 unspecified atom stereocenters. The van der Waals surface area contributed by atoms with E-state index in [0.717, 1.165) is 18.4 Å². The molecule has 0 aromatic heterocycles. The minimum atomic E-state index is 0.340. The Bertz CT molecular complexity index is 254. The maximum atomic E-state index is 12.0. The fraction of sp³-hybridized carbons (Fsp3) is 0.933. The van der Waals surface area contributed by atoms with Crippen LogP contribution < -0.4 is 5.32 Å². The maximum Gasteiger partial charge on any atom is 0.223 e. The van der Waals surface area contributed by atoms with Crippen molar-refractivity contribution in [2.45, 2.75) is 58.8 Å². The summed E-state index contributed by atoms with van der Waals surface area (Å²) in [5.41, 5.74) is 0. The minimum absolute atomic E-state index is 0.340. The molecule has 2 aliphatic carbocycles. The van der Waals surface area contributed by atoms with Gasteiger partial charge in [-0.2, -0.15) is 0 Å². The summed E-state index contributed by atoms with van der Waals surface area (Å²) < 4.78 is 0. The van der Waals surface area contributed by atoms with Gasteiger partial charge in [-0.15, -0.1) is 0 Å². The summed E-state index contributed by atoms with van der Waals surface area (Å²) in [6.45, 7) is 5.37. The number of rotatable bonds is 7. The van der Waals surface area contributed by atoms with Crippen molar-refractivity contribution in [1.82, 2.24) is 5.32 Å². The smallest absolute Gasteiger partial charge is 0.223 e. The van der Waals surface area contributed by atoms with Gasteiger partial charge >= 0.3 is 0 Å². The van der Waals surface area contributed by atoms with E-state index in [0.29, 0.717) is 17.7 Å². The van der Waals surface area contributed by atoms with Crippen molar-refractivity contribution in [2.75, 3.05) is 6.54 Å². The lowest BCUT2D eigenvalue weighted by molar-refractivity contribution is -0.125.